The lowest BCUT2D eigenvalue weighted by Gasteiger charge is -2.08. The van der Waals surface area contributed by atoms with Crippen LogP contribution in [0.5, 0.6) is 11.5 Å². The minimum absolute atomic E-state index is 0.0440. The second-order valence-corrected chi connectivity index (χ2v) is 7.72. The van der Waals surface area contributed by atoms with Crippen LogP contribution in [-0.4, -0.2) is 29.9 Å². The molecule has 0 bridgehead atoms. The number of methoxy groups -OCH3 is 1. The Bertz CT molecular complexity index is 1420. The summed E-state index contributed by atoms with van der Waals surface area (Å²) in [5.74, 6) is -0.559. The predicted molar refractivity (Wildman–Crippen MR) is 133 cm³/mol. The Kier molecular flexibility index (Phi) is 7.01. The van der Waals surface area contributed by atoms with Crippen molar-refractivity contribution in [2.45, 2.75) is 6.92 Å². The van der Waals surface area contributed by atoms with Crippen molar-refractivity contribution in [1.29, 1.82) is 0 Å². The number of aliphatic imine (C=N–C) groups is 1. The zero-order valence-corrected chi connectivity index (χ0v) is 19.3. The molecule has 180 valence electrons. The van der Waals surface area contributed by atoms with Crippen LogP contribution in [0.3, 0.4) is 0 Å². The molecule has 0 aromatic heterocycles. The van der Waals surface area contributed by atoms with Gasteiger partial charge in [-0.3, -0.25) is 10.1 Å². The van der Waals surface area contributed by atoms with Gasteiger partial charge < -0.3 is 14.2 Å². The number of ether oxygens (including phenoxy) is 3. The van der Waals surface area contributed by atoms with Crippen LogP contribution in [0.2, 0.25) is 0 Å². The average Bonchev–Trinajstić information content (AvgIpc) is 3.24. The molecule has 9 nitrogen and oxygen atoms in total. The van der Waals surface area contributed by atoms with E-state index in [0.29, 0.717) is 16.7 Å². The maximum Gasteiger partial charge on any atom is 0.363 e. The largest absolute Gasteiger partial charge is 0.493 e. The molecular weight excluding hydrogens is 464 g/mol. The second kappa shape index (κ2) is 10.5. The second-order valence-electron chi connectivity index (χ2n) is 7.72. The van der Waals surface area contributed by atoms with Crippen LogP contribution in [0.4, 0.5) is 5.69 Å². The number of hydrogen-bond donors (Lipinski definition) is 0. The van der Waals surface area contributed by atoms with Crippen LogP contribution in [0.1, 0.15) is 22.3 Å². The third kappa shape index (κ3) is 5.71. The van der Waals surface area contributed by atoms with Crippen LogP contribution in [0.15, 0.2) is 83.5 Å². The molecule has 0 saturated heterocycles. The molecular formula is C27H20N2O7. The topological polar surface area (TPSA) is 117 Å². The quantitative estimate of drug-likeness (QED) is 0.154. The van der Waals surface area contributed by atoms with Crippen molar-refractivity contribution < 1.29 is 28.7 Å². The molecule has 1 aliphatic heterocycles. The fourth-order valence-corrected chi connectivity index (χ4v) is 3.26. The lowest BCUT2D eigenvalue weighted by Crippen LogP contribution is -2.05. The molecule has 0 radical (unpaired) electrons. The van der Waals surface area contributed by atoms with Gasteiger partial charge >= 0.3 is 11.9 Å². The van der Waals surface area contributed by atoms with E-state index >= 15 is 0 Å². The third-order valence-electron chi connectivity index (χ3n) is 5.14. The Morgan fingerprint density at radius 2 is 1.69 bits per heavy atom. The van der Waals surface area contributed by atoms with Gasteiger partial charge in [-0.15, -0.1) is 0 Å². The van der Waals surface area contributed by atoms with Crippen LogP contribution in [0.25, 0.3) is 12.2 Å². The summed E-state index contributed by atoms with van der Waals surface area (Å²) >= 11 is 0. The van der Waals surface area contributed by atoms with E-state index in [2.05, 4.69) is 4.99 Å². The van der Waals surface area contributed by atoms with Gasteiger partial charge in [0.1, 0.15) is 0 Å². The number of esters is 2. The fourth-order valence-electron chi connectivity index (χ4n) is 3.26. The summed E-state index contributed by atoms with van der Waals surface area (Å²) in [6.07, 6.45) is 4.23. The number of hydrogen-bond acceptors (Lipinski definition) is 8. The molecule has 4 rings (SSSR count). The van der Waals surface area contributed by atoms with Crippen LogP contribution in [0, 0.1) is 17.0 Å². The third-order valence-corrected chi connectivity index (χ3v) is 5.14. The van der Waals surface area contributed by atoms with E-state index in [0.717, 1.165) is 5.56 Å². The molecule has 3 aromatic carbocycles. The molecule has 0 spiro atoms. The number of cyclic esters (lactones) is 1. The predicted octanol–water partition coefficient (Wildman–Crippen LogP) is 4.88. The zero-order chi connectivity index (χ0) is 25.7. The zero-order valence-electron chi connectivity index (χ0n) is 19.3. The van der Waals surface area contributed by atoms with E-state index in [9.17, 15) is 19.7 Å². The lowest BCUT2D eigenvalue weighted by molar-refractivity contribution is -0.384. The van der Waals surface area contributed by atoms with Crippen LogP contribution in [-0.2, 0) is 14.3 Å². The highest BCUT2D eigenvalue weighted by Crippen LogP contribution is 2.30. The van der Waals surface area contributed by atoms with Gasteiger partial charge in [0.25, 0.3) is 5.69 Å². The van der Waals surface area contributed by atoms with Gasteiger partial charge in [-0.05, 0) is 66.6 Å². The van der Waals surface area contributed by atoms with Crippen molar-refractivity contribution in [2.24, 2.45) is 4.99 Å². The Hall–Kier alpha value is -5.05. The van der Waals surface area contributed by atoms with Gasteiger partial charge in [0, 0.05) is 23.8 Å². The van der Waals surface area contributed by atoms with Crippen molar-refractivity contribution in [2.75, 3.05) is 7.11 Å². The number of rotatable bonds is 7. The molecule has 0 atom stereocenters. The first-order valence-corrected chi connectivity index (χ1v) is 10.7. The molecule has 0 fully saturated rings. The average molecular weight is 484 g/mol. The van der Waals surface area contributed by atoms with Crippen molar-refractivity contribution in [3.05, 3.63) is 111 Å². The Morgan fingerprint density at radius 1 is 1.00 bits per heavy atom. The van der Waals surface area contributed by atoms with Gasteiger partial charge in [-0.25, -0.2) is 14.6 Å². The van der Waals surface area contributed by atoms with Gasteiger partial charge in [0.2, 0.25) is 5.90 Å². The van der Waals surface area contributed by atoms with Gasteiger partial charge in [0.15, 0.2) is 17.2 Å². The first kappa shape index (κ1) is 24.1. The maximum absolute atomic E-state index is 12.3. The van der Waals surface area contributed by atoms with E-state index in [1.165, 1.54) is 49.6 Å². The summed E-state index contributed by atoms with van der Waals surface area (Å²) in [6, 6.07) is 18.0. The van der Waals surface area contributed by atoms with Crippen LogP contribution >= 0.6 is 0 Å². The van der Waals surface area contributed by atoms with E-state index in [1.54, 1.807) is 18.2 Å². The summed E-state index contributed by atoms with van der Waals surface area (Å²) in [4.78, 5) is 39.1. The van der Waals surface area contributed by atoms with Crippen molar-refractivity contribution >= 4 is 35.7 Å². The molecule has 3 aromatic rings. The fraction of sp³-hybridized carbons (Fsp3) is 0.0741. The number of carbonyl (C=O) groups is 2. The van der Waals surface area contributed by atoms with Crippen molar-refractivity contribution in [3.63, 3.8) is 0 Å². The number of non-ortho nitro benzene ring substituents is 1. The molecule has 0 N–H and O–H groups in total. The molecule has 1 heterocycles. The number of nitro groups is 1. The van der Waals surface area contributed by atoms with Gasteiger partial charge in [-0.2, -0.15) is 0 Å². The number of nitrogens with zero attached hydrogens (tertiary/aromatic N) is 2. The summed E-state index contributed by atoms with van der Waals surface area (Å²) < 4.78 is 16.0. The monoisotopic (exact) mass is 484 g/mol. The lowest BCUT2D eigenvalue weighted by atomic mass is 10.1. The summed E-state index contributed by atoms with van der Waals surface area (Å²) in [7, 11) is 1.42. The first-order chi connectivity index (χ1) is 17.3. The number of carbonyl (C=O) groups excluding carboxylic acids is 2. The van der Waals surface area contributed by atoms with Gasteiger partial charge in [0.05, 0.1) is 12.0 Å². The van der Waals surface area contributed by atoms with E-state index in [4.69, 9.17) is 14.2 Å². The number of benzene rings is 3. The minimum atomic E-state index is -0.663. The normalized spacial score (nSPS) is 14.0. The summed E-state index contributed by atoms with van der Waals surface area (Å²) in [5.41, 5.74) is 3.04. The number of aryl methyl sites for hydroxylation is 1. The van der Waals surface area contributed by atoms with E-state index in [-0.39, 0.29) is 28.8 Å². The van der Waals surface area contributed by atoms with Crippen molar-refractivity contribution in [1.82, 2.24) is 0 Å². The minimum Gasteiger partial charge on any atom is -0.493 e. The Labute approximate surface area is 206 Å². The molecule has 0 aliphatic carbocycles. The van der Waals surface area contributed by atoms with Gasteiger partial charge in [-0.1, -0.05) is 23.8 Å². The maximum atomic E-state index is 12.3. The molecule has 36 heavy (non-hydrogen) atoms. The standard InChI is InChI=1S/C27H20N2O7/c1-17-3-9-20(10-4-17)26-28-22(27(31)36-26)15-19-7-13-23(24(16-19)34-2)35-25(30)14-8-18-5-11-21(12-6-18)29(32)33/h3-16H,1-2H3/b14-8+,22-15-. The molecule has 0 saturated carbocycles. The Morgan fingerprint density at radius 3 is 2.36 bits per heavy atom. The Balaban J connectivity index is 1.47. The number of nitro benzene ring substituents is 1. The van der Waals surface area contributed by atoms with Crippen LogP contribution < -0.4 is 9.47 Å². The SMILES string of the molecule is COc1cc(/C=C2\N=C(c3ccc(C)cc3)OC2=O)ccc1OC(=O)/C=C/c1ccc([N+](=O)[O-])cc1. The highest BCUT2D eigenvalue weighted by atomic mass is 16.6. The van der Waals surface area contributed by atoms with E-state index < -0.39 is 16.9 Å². The highest BCUT2D eigenvalue weighted by molar-refractivity contribution is 6.12. The summed E-state index contributed by atoms with van der Waals surface area (Å²) in [6.45, 7) is 1.96. The first-order valence-electron chi connectivity index (χ1n) is 10.7. The molecule has 1 aliphatic rings. The molecule has 0 amide bonds. The molecule has 9 heteroatoms. The van der Waals surface area contributed by atoms with Crippen molar-refractivity contribution in [3.8, 4) is 11.5 Å². The highest BCUT2D eigenvalue weighted by Gasteiger charge is 2.24. The smallest absolute Gasteiger partial charge is 0.363 e. The van der Waals surface area contributed by atoms with E-state index in [1.807, 2.05) is 31.2 Å². The molecule has 0 unspecified atom stereocenters. The summed E-state index contributed by atoms with van der Waals surface area (Å²) in [5, 5.41) is 10.7.